The van der Waals surface area contributed by atoms with Gasteiger partial charge in [-0.2, -0.15) is 0 Å². The molecule has 0 saturated heterocycles. The minimum absolute atomic E-state index is 0.00474. The number of methoxy groups -OCH3 is 1. The molecule has 0 amide bonds. The summed E-state index contributed by atoms with van der Waals surface area (Å²) < 4.78 is 11.3. The van der Waals surface area contributed by atoms with Crippen LogP contribution in [-0.2, 0) is 25.7 Å². The number of para-hydroxylation sites is 2. The lowest BCUT2D eigenvalue weighted by Crippen LogP contribution is -2.36. The zero-order valence-electron chi connectivity index (χ0n) is 23.9. The van der Waals surface area contributed by atoms with E-state index in [2.05, 4.69) is 18.5 Å². The number of allylic oxidation sites excluding steroid dienone is 3. The number of esters is 1. The number of phenols is 1. The third kappa shape index (κ3) is 6.61. The third-order valence-electron chi connectivity index (χ3n) is 7.24. The van der Waals surface area contributed by atoms with E-state index in [1.807, 2.05) is 56.2 Å². The van der Waals surface area contributed by atoms with Crippen molar-refractivity contribution in [3.05, 3.63) is 125 Å². The van der Waals surface area contributed by atoms with E-state index in [1.54, 1.807) is 37.4 Å². The molecule has 1 heterocycles. The highest BCUT2D eigenvalue weighted by Gasteiger charge is 2.42. The number of hydrogen-bond donors (Lipinski definition) is 3. The van der Waals surface area contributed by atoms with E-state index < -0.39 is 11.9 Å². The summed E-state index contributed by atoms with van der Waals surface area (Å²) in [5, 5.41) is 13.6. The zero-order chi connectivity index (χ0) is 30.8. The van der Waals surface area contributed by atoms with Gasteiger partial charge in [-0.05, 0) is 48.7 Å². The number of anilines is 1. The zero-order valence-corrected chi connectivity index (χ0v) is 23.9. The number of aromatic hydroxyl groups is 1. The van der Waals surface area contributed by atoms with Crippen LogP contribution in [-0.4, -0.2) is 30.8 Å². The van der Waals surface area contributed by atoms with Crippen molar-refractivity contribution >= 4 is 24.2 Å². The SMILES string of the molecule is C=C.C=O.COc1ccccc1[C@H]1CC(=O)C2=C(C1)NC(C)=C(C(=O)OCc1ccccc1N)[C@H]2c1cccc(O)c1. The van der Waals surface area contributed by atoms with Crippen molar-refractivity contribution in [1.82, 2.24) is 5.32 Å². The number of rotatable bonds is 6. The van der Waals surface area contributed by atoms with Crippen LogP contribution < -0.4 is 15.8 Å². The molecule has 8 nitrogen and oxygen atoms in total. The third-order valence-corrected chi connectivity index (χ3v) is 7.24. The smallest absolute Gasteiger partial charge is 0.337 e. The number of benzene rings is 3. The highest BCUT2D eigenvalue weighted by atomic mass is 16.5. The van der Waals surface area contributed by atoms with Crippen molar-refractivity contribution in [1.29, 1.82) is 0 Å². The predicted octanol–water partition coefficient (Wildman–Crippen LogP) is 5.71. The summed E-state index contributed by atoms with van der Waals surface area (Å²) in [6, 6.07) is 21.6. The van der Waals surface area contributed by atoms with Gasteiger partial charge in [-0.15, -0.1) is 13.2 Å². The molecular formula is C34H36N2O6. The fraction of sp³-hybridized carbons (Fsp3) is 0.206. The van der Waals surface area contributed by atoms with E-state index in [9.17, 15) is 14.7 Å². The van der Waals surface area contributed by atoms with Gasteiger partial charge in [0.15, 0.2) is 5.78 Å². The van der Waals surface area contributed by atoms with Crippen molar-refractivity contribution < 1.29 is 29.0 Å². The first-order chi connectivity index (χ1) is 20.4. The maximum atomic E-state index is 13.8. The molecule has 1 aliphatic heterocycles. The molecule has 4 N–H and O–H groups in total. The predicted molar refractivity (Wildman–Crippen MR) is 163 cm³/mol. The van der Waals surface area contributed by atoms with Gasteiger partial charge in [0.25, 0.3) is 0 Å². The van der Waals surface area contributed by atoms with Crippen LogP contribution in [0.5, 0.6) is 11.5 Å². The molecule has 5 rings (SSSR count). The van der Waals surface area contributed by atoms with Crippen LogP contribution >= 0.6 is 0 Å². The van der Waals surface area contributed by atoms with Crippen molar-refractivity contribution in [3.8, 4) is 11.5 Å². The summed E-state index contributed by atoms with van der Waals surface area (Å²) in [7, 11) is 1.62. The molecule has 42 heavy (non-hydrogen) atoms. The summed E-state index contributed by atoms with van der Waals surface area (Å²) >= 11 is 0. The number of nitrogen functional groups attached to an aromatic ring is 1. The maximum Gasteiger partial charge on any atom is 0.337 e. The van der Waals surface area contributed by atoms with Crippen LogP contribution in [0.2, 0.25) is 0 Å². The average Bonchev–Trinajstić information content (AvgIpc) is 3.01. The largest absolute Gasteiger partial charge is 0.508 e. The Labute approximate surface area is 246 Å². The lowest BCUT2D eigenvalue weighted by Gasteiger charge is -2.37. The number of phenolic OH excluding ortho intramolecular Hbond substituents is 1. The molecule has 0 radical (unpaired) electrons. The average molecular weight is 569 g/mol. The van der Waals surface area contributed by atoms with Crippen molar-refractivity contribution in [3.63, 3.8) is 0 Å². The van der Waals surface area contributed by atoms with E-state index in [-0.39, 0.29) is 30.5 Å². The normalized spacial score (nSPS) is 17.4. The number of carbonyl (C=O) groups is 3. The molecule has 0 aromatic heterocycles. The van der Waals surface area contributed by atoms with E-state index in [4.69, 9.17) is 20.0 Å². The Morgan fingerprint density at radius 3 is 2.40 bits per heavy atom. The van der Waals surface area contributed by atoms with E-state index in [0.717, 1.165) is 17.0 Å². The Kier molecular flexibility index (Phi) is 10.8. The van der Waals surface area contributed by atoms with Gasteiger partial charge in [0.1, 0.15) is 24.9 Å². The molecule has 3 aromatic rings. The second kappa shape index (κ2) is 14.5. The molecular weight excluding hydrogens is 532 g/mol. The first-order valence-electron chi connectivity index (χ1n) is 13.3. The monoisotopic (exact) mass is 568 g/mol. The molecule has 0 saturated carbocycles. The Hall–Kier alpha value is -5.11. The summed E-state index contributed by atoms with van der Waals surface area (Å²) in [5.41, 5.74) is 11.1. The van der Waals surface area contributed by atoms with Crippen LogP contribution in [0, 0.1) is 0 Å². The van der Waals surface area contributed by atoms with Crippen molar-refractivity contribution in [2.45, 2.75) is 38.2 Å². The molecule has 3 aromatic carbocycles. The Bertz CT molecular complexity index is 1510. The minimum Gasteiger partial charge on any atom is -0.508 e. The first-order valence-corrected chi connectivity index (χ1v) is 13.3. The van der Waals surface area contributed by atoms with Crippen LogP contribution in [0.15, 0.2) is 108 Å². The number of dihydropyridines is 1. The van der Waals surface area contributed by atoms with Gasteiger partial charge < -0.3 is 30.4 Å². The highest BCUT2D eigenvalue weighted by molar-refractivity contribution is 6.04. The molecule has 0 bridgehead atoms. The lowest BCUT2D eigenvalue weighted by molar-refractivity contribution is -0.140. The number of nitrogens with two attached hydrogens (primary N) is 1. The second-order valence-corrected chi connectivity index (χ2v) is 9.63. The number of ketones is 1. The molecule has 2 atom stereocenters. The number of Topliss-reactive ketones (excluding diaryl/α,β-unsaturated/α-hetero) is 1. The number of hydrogen-bond acceptors (Lipinski definition) is 8. The molecule has 0 unspecified atom stereocenters. The van der Waals surface area contributed by atoms with E-state index in [0.29, 0.717) is 40.1 Å². The second-order valence-electron chi connectivity index (χ2n) is 9.63. The van der Waals surface area contributed by atoms with Gasteiger partial charge >= 0.3 is 5.97 Å². The van der Waals surface area contributed by atoms with Gasteiger partial charge in [0.05, 0.1) is 12.7 Å². The summed E-state index contributed by atoms with van der Waals surface area (Å²) in [4.78, 5) is 35.3. The van der Waals surface area contributed by atoms with E-state index >= 15 is 0 Å². The highest BCUT2D eigenvalue weighted by Crippen LogP contribution is 2.47. The molecule has 8 heteroatoms. The Morgan fingerprint density at radius 2 is 1.71 bits per heavy atom. The molecule has 1 aliphatic carbocycles. The van der Waals surface area contributed by atoms with Crippen LogP contribution in [0.4, 0.5) is 5.69 Å². The molecule has 218 valence electrons. The van der Waals surface area contributed by atoms with Gasteiger partial charge in [0.2, 0.25) is 0 Å². The topological polar surface area (TPSA) is 128 Å². The molecule has 2 aliphatic rings. The van der Waals surface area contributed by atoms with E-state index in [1.165, 1.54) is 0 Å². The quantitative estimate of drug-likeness (QED) is 0.196. The van der Waals surface area contributed by atoms with Crippen molar-refractivity contribution in [2.75, 3.05) is 12.8 Å². The number of carbonyl (C=O) groups excluding carboxylic acids is 3. The first kappa shape index (κ1) is 31.4. The Balaban J connectivity index is 0.00000116. The summed E-state index contributed by atoms with van der Waals surface area (Å²) in [5.74, 6) is -0.555. The summed E-state index contributed by atoms with van der Waals surface area (Å²) in [6.45, 7) is 9.81. The lowest BCUT2D eigenvalue weighted by atomic mass is 9.71. The van der Waals surface area contributed by atoms with Crippen LogP contribution in [0.3, 0.4) is 0 Å². The van der Waals surface area contributed by atoms with Crippen LogP contribution in [0.1, 0.15) is 48.3 Å². The number of ether oxygens (including phenoxy) is 2. The van der Waals surface area contributed by atoms with Crippen LogP contribution in [0.25, 0.3) is 0 Å². The fourth-order valence-corrected chi connectivity index (χ4v) is 5.46. The van der Waals surface area contributed by atoms with Gasteiger partial charge in [-0.3, -0.25) is 4.79 Å². The fourth-order valence-electron chi connectivity index (χ4n) is 5.46. The standard InChI is InChI=1S/C31H30N2O5.C2H4.CH2O/c1-18-28(31(36)38-17-20-8-3-5-12-24(20)32)29(19-9-7-10-22(34)14-19)30-25(33-18)15-21(16-26(30)35)23-11-4-6-13-27(23)37-2;2*1-2/h3-14,21,29,33-34H,15-17,32H2,1-2H3;1-2H2;1H2/t21-,29-;;/m1../s1. The maximum absolute atomic E-state index is 13.8. The molecule has 0 spiro atoms. The number of nitrogens with one attached hydrogen (secondary N) is 1. The molecule has 0 fully saturated rings. The van der Waals surface area contributed by atoms with Gasteiger partial charge in [-0.1, -0.05) is 48.5 Å². The summed E-state index contributed by atoms with van der Waals surface area (Å²) in [6.07, 6.45) is 0.856. The minimum atomic E-state index is -0.676. The van der Waals surface area contributed by atoms with Gasteiger partial charge in [-0.25, -0.2) is 4.79 Å². The Morgan fingerprint density at radius 1 is 1.02 bits per heavy atom. The van der Waals surface area contributed by atoms with Gasteiger partial charge in [0, 0.05) is 46.5 Å². The van der Waals surface area contributed by atoms with Crippen molar-refractivity contribution in [2.24, 2.45) is 0 Å².